The van der Waals surface area contributed by atoms with Gasteiger partial charge in [-0.05, 0) is 30.7 Å². The molecular formula is C17H16N2O2. The molecule has 0 amide bonds. The third-order valence-corrected chi connectivity index (χ3v) is 3.67. The van der Waals surface area contributed by atoms with Gasteiger partial charge in [0, 0.05) is 23.0 Å². The van der Waals surface area contributed by atoms with E-state index in [0.29, 0.717) is 22.6 Å². The van der Waals surface area contributed by atoms with Gasteiger partial charge in [0.2, 0.25) is 0 Å². The lowest BCUT2D eigenvalue weighted by Gasteiger charge is -2.06. The van der Waals surface area contributed by atoms with Gasteiger partial charge in [0.1, 0.15) is 5.75 Å². The molecule has 1 heterocycles. The maximum atomic E-state index is 12.7. The number of hydrogen-bond donors (Lipinski definition) is 2. The van der Waals surface area contributed by atoms with E-state index in [-0.39, 0.29) is 5.78 Å². The van der Waals surface area contributed by atoms with Gasteiger partial charge >= 0.3 is 0 Å². The number of hydrogen-bond acceptors (Lipinski definition) is 3. The summed E-state index contributed by atoms with van der Waals surface area (Å²) < 4.78 is 5.36. The van der Waals surface area contributed by atoms with Gasteiger partial charge in [-0.2, -0.15) is 0 Å². The Kier molecular flexibility index (Phi) is 3.14. The van der Waals surface area contributed by atoms with E-state index in [1.807, 2.05) is 31.2 Å². The van der Waals surface area contributed by atoms with Crippen LogP contribution in [0.15, 0.2) is 42.6 Å². The maximum Gasteiger partial charge on any atom is 0.195 e. The Labute approximate surface area is 122 Å². The van der Waals surface area contributed by atoms with Gasteiger partial charge < -0.3 is 15.5 Å². The van der Waals surface area contributed by atoms with E-state index < -0.39 is 0 Å². The molecule has 0 aliphatic rings. The lowest BCUT2D eigenvalue weighted by molar-refractivity contribution is 0.104. The van der Waals surface area contributed by atoms with Crippen molar-refractivity contribution in [2.75, 3.05) is 12.8 Å². The number of ether oxygens (including phenoxy) is 1. The molecule has 4 heteroatoms. The number of carbonyl (C=O) groups excluding carboxylic acids is 1. The fourth-order valence-electron chi connectivity index (χ4n) is 2.44. The number of aryl methyl sites for hydroxylation is 1. The second kappa shape index (κ2) is 4.98. The predicted octanol–water partition coefficient (Wildman–Crippen LogP) is 3.30. The van der Waals surface area contributed by atoms with Gasteiger partial charge in [0.15, 0.2) is 5.78 Å². The number of benzene rings is 2. The molecule has 1 aromatic heterocycles. The third kappa shape index (κ3) is 2.14. The Bertz CT molecular complexity index is 834. The number of fused-ring (bicyclic) bond motifs is 1. The summed E-state index contributed by atoms with van der Waals surface area (Å²) in [6.45, 7) is 1.91. The van der Waals surface area contributed by atoms with Crippen LogP contribution in [0.2, 0.25) is 0 Å². The maximum absolute atomic E-state index is 12.7. The minimum Gasteiger partial charge on any atom is -0.496 e. The molecule has 0 atom stereocenters. The molecule has 0 saturated carbocycles. The largest absolute Gasteiger partial charge is 0.496 e. The highest BCUT2D eigenvalue weighted by molar-refractivity contribution is 6.17. The van der Waals surface area contributed by atoms with Gasteiger partial charge in [-0.3, -0.25) is 4.79 Å². The number of aromatic amines is 1. The van der Waals surface area contributed by atoms with Gasteiger partial charge in [0.05, 0.1) is 18.1 Å². The lowest BCUT2D eigenvalue weighted by atomic mass is 10.0. The molecule has 3 N–H and O–H groups in total. The van der Waals surface area contributed by atoms with E-state index in [1.54, 1.807) is 25.4 Å². The molecule has 106 valence electrons. The standard InChI is InChI=1S/C17H16N2O2/c1-10-6-7-11(8-13(10)18)17(20)12-9-19-14-4-3-5-15(21-2)16(12)14/h3-9,19H,18H2,1-2H3. The number of nitrogens with two attached hydrogens (primary N) is 1. The second-order valence-corrected chi connectivity index (χ2v) is 4.99. The van der Waals surface area contributed by atoms with Crippen LogP contribution < -0.4 is 10.5 Å². The predicted molar refractivity (Wildman–Crippen MR) is 83.9 cm³/mol. The van der Waals surface area contributed by atoms with Crippen LogP contribution in [-0.4, -0.2) is 17.9 Å². The molecule has 0 aliphatic heterocycles. The highest BCUT2D eigenvalue weighted by Crippen LogP contribution is 2.30. The normalized spacial score (nSPS) is 10.8. The number of anilines is 1. The number of ketones is 1. The van der Waals surface area contributed by atoms with Crippen LogP contribution in [0.4, 0.5) is 5.69 Å². The van der Waals surface area contributed by atoms with Crippen molar-refractivity contribution < 1.29 is 9.53 Å². The van der Waals surface area contributed by atoms with Gasteiger partial charge in [-0.25, -0.2) is 0 Å². The van der Waals surface area contributed by atoms with Gasteiger partial charge in [-0.15, -0.1) is 0 Å². The second-order valence-electron chi connectivity index (χ2n) is 4.99. The molecule has 0 bridgehead atoms. The minimum absolute atomic E-state index is 0.0718. The first-order valence-corrected chi connectivity index (χ1v) is 6.66. The first kappa shape index (κ1) is 13.2. The highest BCUT2D eigenvalue weighted by Gasteiger charge is 2.17. The smallest absolute Gasteiger partial charge is 0.195 e. The van der Waals surface area contributed by atoms with Crippen molar-refractivity contribution in [3.05, 3.63) is 59.3 Å². The minimum atomic E-state index is -0.0718. The Morgan fingerprint density at radius 2 is 2.05 bits per heavy atom. The third-order valence-electron chi connectivity index (χ3n) is 3.67. The number of H-pyrrole nitrogens is 1. The fourth-order valence-corrected chi connectivity index (χ4v) is 2.44. The van der Waals surface area contributed by atoms with E-state index in [4.69, 9.17) is 10.5 Å². The zero-order chi connectivity index (χ0) is 15.0. The number of methoxy groups -OCH3 is 1. The van der Waals surface area contributed by atoms with Crippen LogP contribution >= 0.6 is 0 Å². The SMILES string of the molecule is COc1cccc2[nH]cc(C(=O)c3ccc(C)c(N)c3)c12. The van der Waals surface area contributed by atoms with Crippen LogP contribution in [0.3, 0.4) is 0 Å². The Hall–Kier alpha value is -2.75. The van der Waals surface area contributed by atoms with E-state index >= 15 is 0 Å². The first-order valence-electron chi connectivity index (χ1n) is 6.66. The molecule has 3 aromatic rings. The molecule has 0 unspecified atom stereocenters. The lowest BCUT2D eigenvalue weighted by Crippen LogP contribution is -2.02. The zero-order valence-corrected chi connectivity index (χ0v) is 11.9. The molecule has 4 nitrogen and oxygen atoms in total. The molecular weight excluding hydrogens is 264 g/mol. The molecule has 0 spiro atoms. The molecule has 2 aromatic carbocycles. The number of nitrogen functional groups attached to an aromatic ring is 1. The Balaban J connectivity index is 2.15. The molecule has 0 aliphatic carbocycles. The van der Waals surface area contributed by atoms with Crippen LogP contribution in [0, 0.1) is 6.92 Å². The summed E-state index contributed by atoms with van der Waals surface area (Å²) in [5.41, 5.74) is 9.51. The van der Waals surface area contributed by atoms with E-state index in [1.165, 1.54) is 0 Å². The Morgan fingerprint density at radius 3 is 2.76 bits per heavy atom. The summed E-state index contributed by atoms with van der Waals surface area (Å²) in [6.07, 6.45) is 1.71. The van der Waals surface area contributed by atoms with Crippen LogP contribution in [0.5, 0.6) is 5.75 Å². The molecule has 21 heavy (non-hydrogen) atoms. The summed E-state index contributed by atoms with van der Waals surface area (Å²) in [4.78, 5) is 15.8. The molecule has 0 fully saturated rings. The van der Waals surface area contributed by atoms with Crippen molar-refractivity contribution >= 4 is 22.4 Å². The van der Waals surface area contributed by atoms with Crippen molar-refractivity contribution in [3.8, 4) is 5.75 Å². The fraction of sp³-hybridized carbons (Fsp3) is 0.118. The van der Waals surface area contributed by atoms with Crippen molar-refractivity contribution in [1.29, 1.82) is 0 Å². The molecule has 0 radical (unpaired) electrons. The van der Waals surface area contributed by atoms with Crippen LogP contribution in [-0.2, 0) is 0 Å². The van der Waals surface area contributed by atoms with Crippen molar-refractivity contribution in [1.82, 2.24) is 4.98 Å². The number of nitrogens with one attached hydrogen (secondary N) is 1. The van der Waals surface area contributed by atoms with E-state index in [2.05, 4.69) is 4.98 Å². The van der Waals surface area contributed by atoms with Gasteiger partial charge in [-0.1, -0.05) is 18.2 Å². The first-order chi connectivity index (χ1) is 10.1. The van der Waals surface area contributed by atoms with Crippen molar-refractivity contribution in [2.24, 2.45) is 0 Å². The van der Waals surface area contributed by atoms with Crippen molar-refractivity contribution in [3.63, 3.8) is 0 Å². The summed E-state index contributed by atoms with van der Waals surface area (Å²) in [6, 6.07) is 11.0. The Morgan fingerprint density at radius 1 is 1.24 bits per heavy atom. The average Bonchev–Trinajstić information content (AvgIpc) is 2.93. The van der Waals surface area contributed by atoms with E-state index in [0.717, 1.165) is 16.5 Å². The number of aromatic nitrogens is 1. The van der Waals surface area contributed by atoms with Crippen LogP contribution in [0.25, 0.3) is 10.9 Å². The molecule has 0 saturated heterocycles. The van der Waals surface area contributed by atoms with E-state index in [9.17, 15) is 4.79 Å². The summed E-state index contributed by atoms with van der Waals surface area (Å²) in [7, 11) is 1.60. The molecule has 3 rings (SSSR count). The highest BCUT2D eigenvalue weighted by atomic mass is 16.5. The van der Waals surface area contributed by atoms with Crippen LogP contribution in [0.1, 0.15) is 21.5 Å². The zero-order valence-electron chi connectivity index (χ0n) is 11.9. The number of rotatable bonds is 3. The number of carbonyl (C=O) groups is 1. The average molecular weight is 280 g/mol. The quantitative estimate of drug-likeness (QED) is 0.571. The summed E-state index contributed by atoms with van der Waals surface area (Å²) in [5.74, 6) is 0.606. The monoisotopic (exact) mass is 280 g/mol. The summed E-state index contributed by atoms with van der Waals surface area (Å²) >= 11 is 0. The van der Waals surface area contributed by atoms with Crippen molar-refractivity contribution in [2.45, 2.75) is 6.92 Å². The van der Waals surface area contributed by atoms with Gasteiger partial charge in [0.25, 0.3) is 0 Å². The summed E-state index contributed by atoms with van der Waals surface area (Å²) in [5, 5.41) is 0.796. The topological polar surface area (TPSA) is 68.1 Å².